The van der Waals surface area contributed by atoms with Crippen LogP contribution in [0.2, 0.25) is 0 Å². The molecule has 0 spiro atoms. The van der Waals surface area contributed by atoms with Crippen LogP contribution in [0.3, 0.4) is 0 Å². The summed E-state index contributed by atoms with van der Waals surface area (Å²) in [5.74, 6) is -2.16. The van der Waals surface area contributed by atoms with Gasteiger partial charge in [-0.1, -0.05) is 20.3 Å². The molecule has 28 heavy (non-hydrogen) atoms. The van der Waals surface area contributed by atoms with E-state index >= 15 is 0 Å². The van der Waals surface area contributed by atoms with E-state index in [1.54, 1.807) is 0 Å². The van der Waals surface area contributed by atoms with Gasteiger partial charge in [-0.05, 0) is 51.4 Å². The van der Waals surface area contributed by atoms with Gasteiger partial charge >= 0.3 is 17.9 Å². The second kappa shape index (κ2) is 7.68. The Kier molecular flexibility index (Phi) is 5.41. The molecule has 6 atom stereocenters. The van der Waals surface area contributed by atoms with Crippen molar-refractivity contribution in [2.45, 2.75) is 88.9 Å². The van der Waals surface area contributed by atoms with E-state index in [0.717, 1.165) is 44.9 Å². The lowest BCUT2D eigenvalue weighted by Gasteiger charge is -2.34. The molecule has 4 fully saturated rings. The van der Waals surface area contributed by atoms with Crippen molar-refractivity contribution in [1.29, 1.82) is 0 Å². The van der Waals surface area contributed by atoms with Gasteiger partial charge in [0.1, 0.15) is 17.8 Å². The summed E-state index contributed by atoms with van der Waals surface area (Å²) in [6.07, 6.45) is 7.38. The van der Waals surface area contributed by atoms with Crippen LogP contribution in [0.4, 0.5) is 0 Å². The van der Waals surface area contributed by atoms with Crippen LogP contribution in [0.25, 0.3) is 0 Å². The average Bonchev–Trinajstić information content (AvgIpc) is 3.38. The molecule has 6 unspecified atom stereocenters. The molecule has 1 heterocycles. The van der Waals surface area contributed by atoms with Gasteiger partial charge in [0.25, 0.3) is 0 Å². The Hall–Kier alpha value is -1.59. The third kappa shape index (κ3) is 3.22. The molecule has 1 saturated heterocycles. The van der Waals surface area contributed by atoms with E-state index < -0.39 is 24.0 Å². The van der Waals surface area contributed by atoms with E-state index in [2.05, 4.69) is 13.8 Å². The minimum Gasteiger partial charge on any atom is -0.459 e. The van der Waals surface area contributed by atoms with Gasteiger partial charge in [-0.25, -0.2) is 0 Å². The van der Waals surface area contributed by atoms with Gasteiger partial charge in [0, 0.05) is 18.3 Å². The van der Waals surface area contributed by atoms with Crippen LogP contribution in [0.5, 0.6) is 0 Å². The van der Waals surface area contributed by atoms with Crippen molar-refractivity contribution < 1.29 is 28.6 Å². The van der Waals surface area contributed by atoms with Crippen LogP contribution in [0, 0.1) is 30.6 Å². The molecule has 0 N–H and O–H groups in total. The van der Waals surface area contributed by atoms with E-state index in [-0.39, 0.29) is 41.8 Å². The highest BCUT2D eigenvalue weighted by molar-refractivity contribution is 5.86. The molecule has 0 aromatic carbocycles. The molecule has 0 aromatic rings. The predicted octanol–water partition coefficient (Wildman–Crippen LogP) is 3.37. The van der Waals surface area contributed by atoms with E-state index in [1.807, 2.05) is 0 Å². The van der Waals surface area contributed by atoms with E-state index in [9.17, 15) is 14.4 Å². The van der Waals surface area contributed by atoms with Gasteiger partial charge < -0.3 is 14.2 Å². The van der Waals surface area contributed by atoms with Crippen LogP contribution >= 0.6 is 0 Å². The van der Waals surface area contributed by atoms with Crippen LogP contribution in [-0.4, -0.2) is 35.7 Å². The first-order valence-corrected chi connectivity index (χ1v) is 10.9. The molecular formula is C22H31O6. The highest BCUT2D eigenvalue weighted by Crippen LogP contribution is 2.59. The van der Waals surface area contributed by atoms with Crippen molar-refractivity contribution in [1.82, 2.24) is 0 Å². The zero-order chi connectivity index (χ0) is 19.9. The second-order valence-corrected chi connectivity index (χ2v) is 8.99. The van der Waals surface area contributed by atoms with Gasteiger partial charge in [0.05, 0.1) is 11.8 Å². The largest absolute Gasteiger partial charge is 0.459 e. The lowest BCUT2D eigenvalue weighted by Crippen LogP contribution is -2.45. The monoisotopic (exact) mass is 391 g/mol. The number of hydrogen-bond donors (Lipinski definition) is 0. The normalized spacial score (nSPS) is 37.1. The molecule has 0 aromatic heterocycles. The lowest BCUT2D eigenvalue weighted by molar-refractivity contribution is -0.175. The molecule has 1 aliphatic heterocycles. The third-order valence-corrected chi connectivity index (χ3v) is 7.28. The minimum atomic E-state index is -0.548. The summed E-state index contributed by atoms with van der Waals surface area (Å²) in [5, 5.41) is 0. The summed E-state index contributed by atoms with van der Waals surface area (Å²) in [4.78, 5) is 37.8. The first-order valence-electron chi connectivity index (χ1n) is 10.9. The lowest BCUT2D eigenvalue weighted by atomic mass is 9.78. The van der Waals surface area contributed by atoms with Crippen molar-refractivity contribution in [3.63, 3.8) is 0 Å². The molecule has 4 rings (SSSR count). The number of hydrogen-bond acceptors (Lipinski definition) is 6. The minimum absolute atomic E-state index is 0.0391. The van der Waals surface area contributed by atoms with E-state index in [0.29, 0.717) is 12.8 Å². The maximum absolute atomic E-state index is 13.3. The molecule has 155 valence electrons. The smallest absolute Gasteiger partial charge is 0.310 e. The van der Waals surface area contributed by atoms with Crippen LogP contribution < -0.4 is 0 Å². The quantitative estimate of drug-likeness (QED) is 0.466. The van der Waals surface area contributed by atoms with Crippen molar-refractivity contribution in [2.24, 2.45) is 23.7 Å². The summed E-state index contributed by atoms with van der Waals surface area (Å²) in [5.41, 5.74) is -0.378. The van der Waals surface area contributed by atoms with Gasteiger partial charge in [0.2, 0.25) is 0 Å². The fourth-order valence-corrected chi connectivity index (χ4v) is 6.03. The first-order chi connectivity index (χ1) is 13.5. The molecular weight excluding hydrogens is 360 g/mol. The predicted molar refractivity (Wildman–Crippen MR) is 99.7 cm³/mol. The Morgan fingerprint density at radius 3 is 2.68 bits per heavy atom. The van der Waals surface area contributed by atoms with E-state index in [1.165, 1.54) is 0 Å². The fraction of sp³-hybridized carbons (Fsp3) is 0.818. The number of rotatable bonds is 8. The van der Waals surface area contributed by atoms with Crippen molar-refractivity contribution in [2.75, 3.05) is 0 Å². The maximum Gasteiger partial charge on any atom is 0.310 e. The molecule has 3 aliphatic carbocycles. The van der Waals surface area contributed by atoms with Gasteiger partial charge in [0.15, 0.2) is 0 Å². The van der Waals surface area contributed by atoms with Crippen molar-refractivity contribution in [3.05, 3.63) is 6.92 Å². The number of unbranched alkanes of at least 4 members (excludes halogenated alkanes) is 1. The number of esters is 3. The molecule has 6 heteroatoms. The number of carbonyl (C=O) groups is 3. The van der Waals surface area contributed by atoms with Gasteiger partial charge in [-0.3, -0.25) is 14.4 Å². The molecule has 6 nitrogen and oxygen atoms in total. The zero-order valence-electron chi connectivity index (χ0n) is 16.7. The Balaban J connectivity index is 1.51. The average molecular weight is 391 g/mol. The van der Waals surface area contributed by atoms with Crippen LogP contribution in [-0.2, 0) is 28.6 Å². The Morgan fingerprint density at radius 2 is 2.00 bits per heavy atom. The Labute approximate surface area is 166 Å². The number of fused-ring (bicyclic) bond motifs is 1. The summed E-state index contributed by atoms with van der Waals surface area (Å²) in [6, 6.07) is 0. The molecule has 1 radical (unpaired) electrons. The Bertz CT molecular complexity index is 637. The highest BCUT2D eigenvalue weighted by Gasteiger charge is 2.70. The number of ether oxygens (including phenoxy) is 3. The van der Waals surface area contributed by atoms with E-state index in [4.69, 9.17) is 14.2 Å². The topological polar surface area (TPSA) is 78.9 Å². The SMILES string of the molecule is [CH2]CCC(=O)OC1C2CC3C1OC(=O)C3C2C(=O)OC1(CCCC)CCCC1. The second-order valence-electron chi connectivity index (χ2n) is 8.99. The van der Waals surface area contributed by atoms with Crippen molar-refractivity contribution in [3.8, 4) is 0 Å². The molecule has 4 aliphatic rings. The highest BCUT2D eigenvalue weighted by atomic mass is 16.6. The summed E-state index contributed by atoms with van der Waals surface area (Å²) >= 11 is 0. The standard InChI is InChI=1S/C22H31O6/c1-3-5-9-22(10-6-7-11-22)28-21(25)17-14-12-13-16(17)20(24)27-19(13)18(14)26-15(23)8-4-2/h13-14,16-19H,2-12H2,1H3. The van der Waals surface area contributed by atoms with Gasteiger partial charge in [-0.15, -0.1) is 0 Å². The van der Waals surface area contributed by atoms with Crippen LogP contribution in [0.1, 0.15) is 71.1 Å². The zero-order valence-corrected chi connectivity index (χ0v) is 16.7. The maximum atomic E-state index is 13.3. The first kappa shape index (κ1) is 19.7. The van der Waals surface area contributed by atoms with Crippen molar-refractivity contribution >= 4 is 17.9 Å². The fourth-order valence-electron chi connectivity index (χ4n) is 6.03. The summed E-state index contributed by atoms with van der Waals surface area (Å²) in [6.45, 7) is 5.82. The molecule has 0 amide bonds. The third-order valence-electron chi connectivity index (χ3n) is 7.28. The van der Waals surface area contributed by atoms with Gasteiger partial charge in [-0.2, -0.15) is 0 Å². The molecule has 3 saturated carbocycles. The van der Waals surface area contributed by atoms with Crippen LogP contribution in [0.15, 0.2) is 0 Å². The number of carbonyl (C=O) groups excluding carboxylic acids is 3. The summed E-state index contributed by atoms with van der Waals surface area (Å²) in [7, 11) is 0. The molecule has 2 bridgehead atoms. The summed E-state index contributed by atoms with van der Waals surface area (Å²) < 4.78 is 17.3. The Morgan fingerprint density at radius 1 is 1.25 bits per heavy atom.